The fourth-order valence-corrected chi connectivity index (χ4v) is 1.76. The molecule has 1 aliphatic heterocycles. The molecule has 2 nitrogen and oxygen atoms in total. The van der Waals surface area contributed by atoms with Gasteiger partial charge < -0.3 is 10.2 Å². The van der Waals surface area contributed by atoms with Crippen LogP contribution in [0.5, 0.6) is 0 Å². The first-order valence-electron chi connectivity index (χ1n) is 4.10. The van der Waals surface area contributed by atoms with Crippen molar-refractivity contribution < 1.29 is 4.39 Å². The number of halogens is 1. The lowest BCUT2D eigenvalue weighted by Crippen LogP contribution is -2.37. The van der Waals surface area contributed by atoms with E-state index >= 15 is 0 Å². The molecule has 1 fully saturated rings. The fraction of sp³-hybridized carbons (Fsp3) is 1.00. The van der Waals surface area contributed by atoms with Crippen molar-refractivity contribution in [2.45, 2.75) is 6.42 Å². The monoisotopic (exact) mass is 160 g/mol. The SMILES string of the molecule is CN(C)CC1(CF)CCNC1. The van der Waals surface area contributed by atoms with Gasteiger partial charge in [0.2, 0.25) is 0 Å². The highest BCUT2D eigenvalue weighted by Crippen LogP contribution is 2.26. The first-order chi connectivity index (χ1) is 5.18. The van der Waals surface area contributed by atoms with Crippen LogP contribution in [-0.2, 0) is 0 Å². The molecular formula is C8H17FN2. The standard InChI is InChI=1S/C8H17FN2/c1-11(2)7-8(5-9)3-4-10-6-8/h10H,3-7H2,1-2H3. The van der Waals surface area contributed by atoms with Gasteiger partial charge in [-0.3, -0.25) is 4.39 Å². The van der Waals surface area contributed by atoms with Gasteiger partial charge >= 0.3 is 0 Å². The molecule has 0 bridgehead atoms. The zero-order valence-corrected chi connectivity index (χ0v) is 7.36. The molecule has 1 N–H and O–H groups in total. The lowest BCUT2D eigenvalue weighted by molar-refractivity contribution is 0.168. The van der Waals surface area contributed by atoms with Crippen molar-refractivity contribution in [3.63, 3.8) is 0 Å². The van der Waals surface area contributed by atoms with Crippen LogP contribution in [0.25, 0.3) is 0 Å². The smallest absolute Gasteiger partial charge is 0.0975 e. The van der Waals surface area contributed by atoms with E-state index in [-0.39, 0.29) is 12.1 Å². The number of hydrogen-bond acceptors (Lipinski definition) is 2. The Kier molecular flexibility index (Phi) is 2.84. The maximum atomic E-state index is 12.6. The molecule has 0 amide bonds. The first-order valence-corrected chi connectivity index (χ1v) is 4.10. The molecule has 1 heterocycles. The van der Waals surface area contributed by atoms with E-state index in [1.807, 2.05) is 14.1 Å². The van der Waals surface area contributed by atoms with E-state index in [1.165, 1.54) is 0 Å². The van der Waals surface area contributed by atoms with Crippen LogP contribution in [0.3, 0.4) is 0 Å². The Morgan fingerprint density at radius 2 is 2.27 bits per heavy atom. The highest BCUT2D eigenvalue weighted by molar-refractivity contribution is 4.89. The largest absolute Gasteiger partial charge is 0.316 e. The van der Waals surface area contributed by atoms with Crippen molar-refractivity contribution in [1.29, 1.82) is 0 Å². The van der Waals surface area contributed by atoms with Gasteiger partial charge in [0, 0.05) is 18.5 Å². The summed E-state index contributed by atoms with van der Waals surface area (Å²) in [6.07, 6.45) is 0.974. The Balaban J connectivity index is 2.45. The topological polar surface area (TPSA) is 15.3 Å². The normalized spacial score (nSPS) is 31.6. The molecule has 3 heteroatoms. The first kappa shape index (κ1) is 8.94. The highest BCUT2D eigenvalue weighted by atomic mass is 19.1. The van der Waals surface area contributed by atoms with Gasteiger partial charge in [-0.05, 0) is 27.1 Å². The third kappa shape index (κ3) is 2.14. The molecule has 11 heavy (non-hydrogen) atoms. The maximum Gasteiger partial charge on any atom is 0.0975 e. The molecule has 1 rings (SSSR count). The third-order valence-electron chi connectivity index (χ3n) is 2.27. The molecule has 0 spiro atoms. The molecule has 1 saturated heterocycles. The van der Waals surface area contributed by atoms with Gasteiger partial charge in [0.05, 0.1) is 6.67 Å². The molecule has 66 valence electrons. The molecule has 1 atom stereocenters. The van der Waals surface area contributed by atoms with E-state index in [0.717, 1.165) is 26.1 Å². The second-order valence-electron chi connectivity index (χ2n) is 3.80. The zero-order chi connectivity index (χ0) is 8.32. The van der Waals surface area contributed by atoms with Gasteiger partial charge in [-0.15, -0.1) is 0 Å². The average Bonchev–Trinajstić information content (AvgIpc) is 2.36. The molecule has 1 aliphatic rings. The lowest BCUT2D eigenvalue weighted by Gasteiger charge is -2.27. The van der Waals surface area contributed by atoms with Crippen molar-refractivity contribution in [3.8, 4) is 0 Å². The summed E-state index contributed by atoms with van der Waals surface area (Å²) in [5.74, 6) is 0. The van der Waals surface area contributed by atoms with Gasteiger partial charge in [-0.25, -0.2) is 0 Å². The highest BCUT2D eigenvalue weighted by Gasteiger charge is 2.34. The second-order valence-corrected chi connectivity index (χ2v) is 3.80. The third-order valence-corrected chi connectivity index (χ3v) is 2.27. The minimum atomic E-state index is -0.196. The minimum Gasteiger partial charge on any atom is -0.316 e. The Labute approximate surface area is 67.8 Å². The van der Waals surface area contributed by atoms with Crippen molar-refractivity contribution in [3.05, 3.63) is 0 Å². The van der Waals surface area contributed by atoms with Crippen LogP contribution in [0.15, 0.2) is 0 Å². The molecule has 1 unspecified atom stereocenters. The van der Waals surface area contributed by atoms with Crippen LogP contribution in [0.4, 0.5) is 4.39 Å². The Hall–Kier alpha value is -0.150. The number of hydrogen-bond donors (Lipinski definition) is 1. The molecule has 0 aliphatic carbocycles. The summed E-state index contributed by atoms with van der Waals surface area (Å²) in [6, 6.07) is 0. The summed E-state index contributed by atoms with van der Waals surface area (Å²) in [6.45, 7) is 2.47. The van der Waals surface area contributed by atoms with Crippen LogP contribution in [0.1, 0.15) is 6.42 Å². The summed E-state index contributed by atoms with van der Waals surface area (Å²) >= 11 is 0. The predicted octanol–water partition coefficient (Wildman–Crippen LogP) is 0.497. The van der Waals surface area contributed by atoms with Crippen LogP contribution in [-0.4, -0.2) is 45.3 Å². The van der Waals surface area contributed by atoms with Gasteiger partial charge in [0.25, 0.3) is 0 Å². The quantitative estimate of drug-likeness (QED) is 0.646. The van der Waals surface area contributed by atoms with Crippen LogP contribution >= 0.6 is 0 Å². The van der Waals surface area contributed by atoms with Crippen molar-refractivity contribution in [1.82, 2.24) is 10.2 Å². The van der Waals surface area contributed by atoms with E-state index < -0.39 is 0 Å². The van der Waals surface area contributed by atoms with Gasteiger partial charge in [-0.2, -0.15) is 0 Å². The van der Waals surface area contributed by atoms with Crippen LogP contribution in [0.2, 0.25) is 0 Å². The van der Waals surface area contributed by atoms with Crippen LogP contribution in [0, 0.1) is 5.41 Å². The van der Waals surface area contributed by atoms with E-state index in [4.69, 9.17) is 0 Å². The predicted molar refractivity (Wildman–Crippen MR) is 44.4 cm³/mol. The summed E-state index contributed by atoms with van der Waals surface area (Å²) in [7, 11) is 3.99. The summed E-state index contributed by atoms with van der Waals surface area (Å²) in [4.78, 5) is 2.06. The average molecular weight is 160 g/mol. The van der Waals surface area contributed by atoms with E-state index in [2.05, 4.69) is 10.2 Å². The second kappa shape index (κ2) is 3.50. The number of nitrogens with zero attached hydrogens (tertiary/aromatic N) is 1. The summed E-state index contributed by atoms with van der Waals surface area (Å²) < 4.78 is 12.6. The molecule has 0 aromatic heterocycles. The number of alkyl halides is 1. The summed E-state index contributed by atoms with van der Waals surface area (Å²) in [5.41, 5.74) is -0.0937. The number of nitrogens with one attached hydrogen (secondary N) is 1. The van der Waals surface area contributed by atoms with Gasteiger partial charge in [-0.1, -0.05) is 0 Å². The lowest BCUT2D eigenvalue weighted by atomic mass is 9.88. The van der Waals surface area contributed by atoms with Gasteiger partial charge in [0.15, 0.2) is 0 Å². The molecule has 0 aromatic carbocycles. The fourth-order valence-electron chi connectivity index (χ4n) is 1.76. The molecule has 0 saturated carbocycles. The molecule has 0 radical (unpaired) electrons. The number of rotatable bonds is 3. The Morgan fingerprint density at radius 1 is 1.55 bits per heavy atom. The Morgan fingerprint density at radius 3 is 2.64 bits per heavy atom. The van der Waals surface area contributed by atoms with Crippen molar-refractivity contribution in [2.75, 3.05) is 40.4 Å². The molecular weight excluding hydrogens is 143 g/mol. The maximum absolute atomic E-state index is 12.6. The van der Waals surface area contributed by atoms with Crippen molar-refractivity contribution >= 4 is 0 Å². The van der Waals surface area contributed by atoms with E-state index in [0.29, 0.717) is 0 Å². The summed E-state index contributed by atoms with van der Waals surface area (Å²) in [5, 5.41) is 3.20. The minimum absolute atomic E-state index is 0.0937. The van der Waals surface area contributed by atoms with E-state index in [9.17, 15) is 4.39 Å². The van der Waals surface area contributed by atoms with E-state index in [1.54, 1.807) is 0 Å². The Bertz CT molecular complexity index is 119. The molecule has 0 aromatic rings. The van der Waals surface area contributed by atoms with Crippen molar-refractivity contribution in [2.24, 2.45) is 5.41 Å². The zero-order valence-electron chi connectivity index (χ0n) is 7.36. The van der Waals surface area contributed by atoms with Gasteiger partial charge in [0.1, 0.15) is 0 Å². The van der Waals surface area contributed by atoms with Crippen LogP contribution < -0.4 is 5.32 Å².